The molecule has 1 saturated carbocycles. The van der Waals surface area contributed by atoms with Gasteiger partial charge in [-0.1, -0.05) is 79.9 Å². The van der Waals surface area contributed by atoms with Crippen molar-refractivity contribution in [2.45, 2.75) is 55.5 Å². The van der Waals surface area contributed by atoms with Gasteiger partial charge in [-0.15, -0.1) is 0 Å². The van der Waals surface area contributed by atoms with Gasteiger partial charge in [-0.05, 0) is 47.7 Å². The van der Waals surface area contributed by atoms with Crippen molar-refractivity contribution in [3.05, 3.63) is 78.4 Å². The van der Waals surface area contributed by atoms with Crippen LogP contribution in [-0.4, -0.2) is 26.4 Å². The van der Waals surface area contributed by atoms with Gasteiger partial charge < -0.3 is 5.32 Å². The molecular formula is C25H28N2O3S. The normalized spacial score (nSPS) is 16.1. The monoisotopic (exact) mass is 436 g/mol. The third-order valence-electron chi connectivity index (χ3n) is 5.88. The average Bonchev–Trinajstić information content (AvgIpc) is 2.79. The smallest absolute Gasteiger partial charge is 0.241 e. The molecule has 1 aliphatic carbocycles. The van der Waals surface area contributed by atoms with Crippen molar-refractivity contribution in [1.29, 1.82) is 0 Å². The number of amides is 1. The molecular weight excluding hydrogens is 408 g/mol. The minimum Gasteiger partial charge on any atom is -0.352 e. The summed E-state index contributed by atoms with van der Waals surface area (Å²) in [7, 11) is -3.87. The lowest BCUT2D eigenvalue weighted by molar-refractivity contribution is -0.123. The summed E-state index contributed by atoms with van der Waals surface area (Å²) < 4.78 is 29.0. The molecule has 1 fully saturated rings. The molecule has 6 heteroatoms. The molecule has 0 aliphatic heterocycles. The van der Waals surface area contributed by atoms with E-state index < -0.39 is 16.1 Å². The molecule has 0 aromatic heterocycles. The van der Waals surface area contributed by atoms with E-state index in [-0.39, 0.29) is 16.8 Å². The van der Waals surface area contributed by atoms with Crippen LogP contribution in [0.3, 0.4) is 0 Å². The summed E-state index contributed by atoms with van der Waals surface area (Å²) in [5.74, 6) is -0.264. The first kappa shape index (κ1) is 21.5. The molecule has 1 aliphatic rings. The zero-order chi connectivity index (χ0) is 21.7. The summed E-state index contributed by atoms with van der Waals surface area (Å²) in [5.41, 5.74) is 0.910. The van der Waals surface area contributed by atoms with Crippen molar-refractivity contribution in [1.82, 2.24) is 10.0 Å². The van der Waals surface area contributed by atoms with Crippen LogP contribution in [0.25, 0.3) is 10.8 Å². The van der Waals surface area contributed by atoms with Gasteiger partial charge in [0, 0.05) is 6.04 Å². The van der Waals surface area contributed by atoms with Crippen molar-refractivity contribution < 1.29 is 13.2 Å². The number of carbonyl (C=O) groups is 1. The molecule has 162 valence electrons. The lowest BCUT2D eigenvalue weighted by atomic mass is 9.95. The second kappa shape index (κ2) is 9.62. The lowest BCUT2D eigenvalue weighted by Crippen LogP contribution is -2.50. The second-order valence-corrected chi connectivity index (χ2v) is 9.93. The molecule has 31 heavy (non-hydrogen) atoms. The zero-order valence-corrected chi connectivity index (χ0v) is 18.3. The topological polar surface area (TPSA) is 75.3 Å². The number of sulfonamides is 1. The summed E-state index contributed by atoms with van der Waals surface area (Å²) in [6, 6.07) is 21.4. The highest BCUT2D eigenvalue weighted by molar-refractivity contribution is 7.89. The Morgan fingerprint density at radius 1 is 0.871 bits per heavy atom. The fourth-order valence-electron chi connectivity index (χ4n) is 4.18. The molecule has 5 nitrogen and oxygen atoms in total. The molecule has 3 aromatic rings. The molecule has 0 radical (unpaired) electrons. The molecule has 3 aromatic carbocycles. The number of carbonyl (C=O) groups excluding carboxylic acids is 1. The Balaban J connectivity index is 1.57. The summed E-state index contributed by atoms with van der Waals surface area (Å²) >= 11 is 0. The lowest BCUT2D eigenvalue weighted by Gasteiger charge is -2.26. The third kappa shape index (κ3) is 5.51. The van der Waals surface area contributed by atoms with Crippen LogP contribution in [0.15, 0.2) is 77.7 Å². The molecule has 0 spiro atoms. The zero-order valence-electron chi connectivity index (χ0n) is 17.5. The van der Waals surface area contributed by atoms with Gasteiger partial charge in [-0.25, -0.2) is 8.42 Å². The van der Waals surface area contributed by atoms with Gasteiger partial charge in [0.2, 0.25) is 15.9 Å². The van der Waals surface area contributed by atoms with Crippen LogP contribution < -0.4 is 10.0 Å². The molecule has 1 atom stereocenters. The Morgan fingerprint density at radius 2 is 1.55 bits per heavy atom. The van der Waals surface area contributed by atoms with Gasteiger partial charge in [0.1, 0.15) is 6.04 Å². The highest BCUT2D eigenvalue weighted by Gasteiger charge is 2.28. The number of rotatable bonds is 7. The van der Waals surface area contributed by atoms with E-state index in [9.17, 15) is 13.2 Å². The third-order valence-corrected chi connectivity index (χ3v) is 7.35. The minimum absolute atomic E-state index is 0.115. The standard InChI is InChI=1S/C25H28N2O3S/c28-25(26-22-13-5-2-6-14-22)24(17-19-9-3-1-4-10-19)27-31(29,30)23-16-15-20-11-7-8-12-21(20)18-23/h1,3-4,7-12,15-16,18,22,24,27H,2,5-6,13-14,17H2,(H,26,28). The maximum atomic E-state index is 13.2. The highest BCUT2D eigenvalue weighted by Crippen LogP contribution is 2.20. The van der Waals surface area contributed by atoms with Crippen molar-refractivity contribution >= 4 is 26.7 Å². The van der Waals surface area contributed by atoms with Crippen molar-refractivity contribution in [2.24, 2.45) is 0 Å². The second-order valence-electron chi connectivity index (χ2n) is 8.22. The maximum absolute atomic E-state index is 13.2. The molecule has 0 saturated heterocycles. The summed E-state index contributed by atoms with van der Waals surface area (Å²) in [6.45, 7) is 0. The van der Waals surface area contributed by atoms with Gasteiger partial charge >= 0.3 is 0 Å². The van der Waals surface area contributed by atoms with E-state index in [0.717, 1.165) is 42.0 Å². The first-order valence-corrected chi connectivity index (χ1v) is 12.3. The predicted molar refractivity (Wildman–Crippen MR) is 123 cm³/mol. The Kier molecular flexibility index (Phi) is 6.68. The van der Waals surface area contributed by atoms with Gasteiger partial charge in [-0.2, -0.15) is 4.72 Å². The highest BCUT2D eigenvalue weighted by atomic mass is 32.2. The summed E-state index contributed by atoms with van der Waals surface area (Å²) in [6.07, 6.45) is 5.57. The van der Waals surface area contributed by atoms with Crippen molar-refractivity contribution in [3.8, 4) is 0 Å². The number of hydrogen-bond donors (Lipinski definition) is 2. The Morgan fingerprint density at radius 3 is 2.29 bits per heavy atom. The van der Waals surface area contributed by atoms with Crippen LogP contribution in [0.4, 0.5) is 0 Å². The van der Waals surface area contributed by atoms with E-state index in [4.69, 9.17) is 0 Å². The summed E-state index contributed by atoms with van der Waals surface area (Å²) in [5, 5.41) is 4.89. The van der Waals surface area contributed by atoms with Crippen LogP contribution in [0.2, 0.25) is 0 Å². The van der Waals surface area contributed by atoms with Crippen molar-refractivity contribution in [3.63, 3.8) is 0 Å². The van der Waals surface area contributed by atoms with E-state index in [0.29, 0.717) is 6.42 Å². The van der Waals surface area contributed by atoms with E-state index in [2.05, 4.69) is 10.0 Å². The van der Waals surface area contributed by atoms with Gasteiger partial charge in [0.05, 0.1) is 4.90 Å². The number of fused-ring (bicyclic) bond motifs is 1. The Hall–Kier alpha value is -2.70. The first-order chi connectivity index (χ1) is 15.0. The number of hydrogen-bond acceptors (Lipinski definition) is 3. The van der Waals surface area contributed by atoms with Crippen LogP contribution in [0.1, 0.15) is 37.7 Å². The van der Waals surface area contributed by atoms with Gasteiger partial charge in [-0.3, -0.25) is 4.79 Å². The van der Waals surface area contributed by atoms with Crippen LogP contribution in [0.5, 0.6) is 0 Å². The minimum atomic E-state index is -3.87. The van der Waals surface area contributed by atoms with E-state index in [1.807, 2.05) is 54.6 Å². The molecule has 2 N–H and O–H groups in total. The summed E-state index contributed by atoms with van der Waals surface area (Å²) in [4.78, 5) is 13.3. The largest absolute Gasteiger partial charge is 0.352 e. The Bertz CT molecular complexity index is 1140. The fraction of sp³-hybridized carbons (Fsp3) is 0.320. The molecule has 0 heterocycles. The Labute approximate surface area is 183 Å². The first-order valence-electron chi connectivity index (χ1n) is 10.9. The average molecular weight is 437 g/mol. The molecule has 4 rings (SSSR count). The fourth-order valence-corrected chi connectivity index (χ4v) is 5.41. The van der Waals surface area contributed by atoms with E-state index in [1.165, 1.54) is 6.42 Å². The number of benzene rings is 3. The van der Waals surface area contributed by atoms with Gasteiger partial charge in [0.15, 0.2) is 0 Å². The molecule has 1 unspecified atom stereocenters. The molecule has 1 amide bonds. The predicted octanol–water partition coefficient (Wildman–Crippen LogP) is 4.18. The maximum Gasteiger partial charge on any atom is 0.241 e. The van der Waals surface area contributed by atoms with Crippen LogP contribution in [0, 0.1) is 0 Å². The van der Waals surface area contributed by atoms with E-state index >= 15 is 0 Å². The van der Waals surface area contributed by atoms with Gasteiger partial charge in [0.25, 0.3) is 0 Å². The molecule has 0 bridgehead atoms. The quantitative estimate of drug-likeness (QED) is 0.583. The SMILES string of the molecule is O=C(NC1CCCCC1)C(Cc1ccccc1)NS(=O)(=O)c1ccc2ccccc2c1. The van der Waals surface area contributed by atoms with Crippen molar-refractivity contribution in [2.75, 3.05) is 0 Å². The van der Waals surface area contributed by atoms with E-state index in [1.54, 1.807) is 18.2 Å². The number of nitrogens with one attached hydrogen (secondary N) is 2. The van der Waals surface area contributed by atoms with Crippen LogP contribution >= 0.6 is 0 Å². The van der Waals surface area contributed by atoms with Crippen LogP contribution in [-0.2, 0) is 21.2 Å².